The van der Waals surface area contributed by atoms with Crippen LogP contribution in [0, 0.1) is 0 Å². The van der Waals surface area contributed by atoms with E-state index in [2.05, 4.69) is 15.5 Å². The lowest BCUT2D eigenvalue weighted by Gasteiger charge is -2.30. The van der Waals surface area contributed by atoms with Crippen molar-refractivity contribution in [3.8, 4) is 5.75 Å². The van der Waals surface area contributed by atoms with Gasteiger partial charge in [0.15, 0.2) is 6.61 Å². The average molecular weight is 474 g/mol. The standard InChI is InChI=1S/C25H32ClN3O4/c1-2-32-16-6-13-27-25(31)22-17-20(9-12-23(22)29-14-4-3-5-15-29)28-24(30)18-33-21-10-7-19(26)8-11-21/h7-12,17H,2-6,13-16,18H2,1H3,(H,27,31)(H,28,30). The third kappa shape index (κ3) is 7.94. The van der Waals surface area contributed by atoms with Crippen LogP contribution in [0.2, 0.25) is 5.02 Å². The molecule has 33 heavy (non-hydrogen) atoms. The van der Waals surface area contributed by atoms with Crippen molar-refractivity contribution in [1.29, 1.82) is 0 Å². The summed E-state index contributed by atoms with van der Waals surface area (Å²) >= 11 is 5.87. The lowest BCUT2D eigenvalue weighted by atomic mass is 10.1. The van der Waals surface area contributed by atoms with E-state index in [1.165, 1.54) is 6.42 Å². The molecule has 1 saturated heterocycles. The van der Waals surface area contributed by atoms with Crippen LogP contribution in [0.1, 0.15) is 43.0 Å². The second-order valence-electron chi connectivity index (χ2n) is 7.88. The molecule has 0 spiro atoms. The molecule has 0 aliphatic carbocycles. The summed E-state index contributed by atoms with van der Waals surface area (Å²) in [4.78, 5) is 27.6. The van der Waals surface area contributed by atoms with Crippen molar-refractivity contribution < 1.29 is 19.1 Å². The predicted molar refractivity (Wildman–Crippen MR) is 132 cm³/mol. The summed E-state index contributed by atoms with van der Waals surface area (Å²) in [6.07, 6.45) is 4.17. The van der Waals surface area contributed by atoms with Gasteiger partial charge in [0.1, 0.15) is 5.75 Å². The van der Waals surface area contributed by atoms with Crippen LogP contribution in [0.3, 0.4) is 0 Å². The van der Waals surface area contributed by atoms with Gasteiger partial charge in [0.2, 0.25) is 0 Å². The first-order valence-electron chi connectivity index (χ1n) is 11.5. The molecule has 0 radical (unpaired) electrons. The van der Waals surface area contributed by atoms with Crippen molar-refractivity contribution in [1.82, 2.24) is 5.32 Å². The van der Waals surface area contributed by atoms with Crippen LogP contribution in [0.4, 0.5) is 11.4 Å². The maximum absolute atomic E-state index is 13.0. The van der Waals surface area contributed by atoms with Crippen molar-refractivity contribution in [2.75, 3.05) is 49.7 Å². The van der Waals surface area contributed by atoms with Gasteiger partial charge in [0, 0.05) is 49.2 Å². The fourth-order valence-corrected chi connectivity index (χ4v) is 3.82. The van der Waals surface area contributed by atoms with Crippen LogP contribution in [0.15, 0.2) is 42.5 Å². The Morgan fingerprint density at radius 3 is 2.55 bits per heavy atom. The van der Waals surface area contributed by atoms with Crippen molar-refractivity contribution in [3.05, 3.63) is 53.1 Å². The highest BCUT2D eigenvalue weighted by atomic mass is 35.5. The molecule has 0 bridgehead atoms. The van der Waals surface area contributed by atoms with Gasteiger partial charge < -0.3 is 25.0 Å². The van der Waals surface area contributed by atoms with Crippen LogP contribution in [-0.4, -0.2) is 51.3 Å². The van der Waals surface area contributed by atoms with E-state index in [0.29, 0.717) is 41.8 Å². The highest BCUT2D eigenvalue weighted by Crippen LogP contribution is 2.27. The van der Waals surface area contributed by atoms with Crippen molar-refractivity contribution in [2.24, 2.45) is 0 Å². The Hall–Kier alpha value is -2.77. The van der Waals surface area contributed by atoms with Crippen LogP contribution in [0.5, 0.6) is 5.75 Å². The normalized spacial score (nSPS) is 13.5. The number of amides is 2. The number of piperidine rings is 1. The SMILES string of the molecule is CCOCCCNC(=O)c1cc(NC(=O)COc2ccc(Cl)cc2)ccc1N1CCCCC1. The monoisotopic (exact) mass is 473 g/mol. The second-order valence-corrected chi connectivity index (χ2v) is 8.31. The molecular formula is C25H32ClN3O4. The number of ether oxygens (including phenoxy) is 2. The summed E-state index contributed by atoms with van der Waals surface area (Å²) in [5.41, 5.74) is 2.01. The van der Waals surface area contributed by atoms with E-state index in [4.69, 9.17) is 21.1 Å². The highest BCUT2D eigenvalue weighted by molar-refractivity contribution is 6.30. The van der Waals surface area contributed by atoms with Gasteiger partial charge in [-0.1, -0.05) is 11.6 Å². The molecule has 7 nitrogen and oxygen atoms in total. The minimum absolute atomic E-state index is 0.144. The molecule has 1 aliphatic heterocycles. The van der Waals surface area contributed by atoms with Crippen molar-refractivity contribution in [2.45, 2.75) is 32.6 Å². The van der Waals surface area contributed by atoms with Gasteiger partial charge in [-0.15, -0.1) is 0 Å². The van der Waals surface area contributed by atoms with E-state index in [0.717, 1.165) is 38.0 Å². The zero-order chi connectivity index (χ0) is 23.5. The minimum Gasteiger partial charge on any atom is -0.484 e. The quantitative estimate of drug-likeness (QED) is 0.469. The molecule has 178 valence electrons. The van der Waals surface area contributed by atoms with Crippen LogP contribution >= 0.6 is 11.6 Å². The number of nitrogens with one attached hydrogen (secondary N) is 2. The van der Waals surface area contributed by atoms with Gasteiger partial charge in [-0.25, -0.2) is 0 Å². The van der Waals surface area contributed by atoms with E-state index < -0.39 is 0 Å². The summed E-state index contributed by atoms with van der Waals surface area (Å²) in [6, 6.07) is 12.3. The summed E-state index contributed by atoms with van der Waals surface area (Å²) < 4.78 is 10.8. The number of hydrogen-bond donors (Lipinski definition) is 2. The van der Waals surface area contributed by atoms with Crippen molar-refractivity contribution in [3.63, 3.8) is 0 Å². The fourth-order valence-electron chi connectivity index (χ4n) is 3.70. The molecule has 2 aromatic carbocycles. The molecule has 8 heteroatoms. The summed E-state index contributed by atoms with van der Waals surface area (Å²) in [7, 11) is 0. The van der Waals surface area contributed by atoms with Crippen LogP contribution in [-0.2, 0) is 9.53 Å². The van der Waals surface area contributed by atoms with E-state index >= 15 is 0 Å². The summed E-state index contributed by atoms with van der Waals surface area (Å²) in [6.45, 7) is 5.45. The fraction of sp³-hybridized carbons (Fsp3) is 0.440. The number of carbonyl (C=O) groups is 2. The molecule has 2 N–H and O–H groups in total. The van der Waals surface area contributed by atoms with Gasteiger partial charge in [0.25, 0.3) is 11.8 Å². The molecule has 2 amide bonds. The molecule has 0 aromatic heterocycles. The zero-order valence-electron chi connectivity index (χ0n) is 19.1. The zero-order valence-corrected chi connectivity index (χ0v) is 19.8. The molecule has 0 unspecified atom stereocenters. The smallest absolute Gasteiger partial charge is 0.262 e. The van der Waals surface area contributed by atoms with Gasteiger partial charge in [-0.05, 0) is 75.1 Å². The Kier molecular flexibility index (Phi) is 9.84. The average Bonchev–Trinajstić information content (AvgIpc) is 2.84. The third-order valence-electron chi connectivity index (χ3n) is 5.36. The Morgan fingerprint density at radius 2 is 1.82 bits per heavy atom. The molecule has 1 fully saturated rings. The topological polar surface area (TPSA) is 79.9 Å². The Balaban J connectivity index is 1.65. The lowest BCUT2D eigenvalue weighted by molar-refractivity contribution is -0.118. The minimum atomic E-state index is -0.307. The summed E-state index contributed by atoms with van der Waals surface area (Å²) in [5, 5.41) is 6.40. The molecule has 3 rings (SSSR count). The van der Waals surface area contributed by atoms with E-state index in [-0.39, 0.29) is 18.4 Å². The number of hydrogen-bond acceptors (Lipinski definition) is 5. The second kappa shape index (κ2) is 13.1. The van der Waals surface area contributed by atoms with Gasteiger partial charge in [-0.2, -0.15) is 0 Å². The number of halogens is 1. The molecule has 0 atom stereocenters. The molecule has 2 aromatic rings. The Bertz CT molecular complexity index is 914. The largest absolute Gasteiger partial charge is 0.484 e. The maximum Gasteiger partial charge on any atom is 0.262 e. The number of nitrogens with zero attached hydrogens (tertiary/aromatic N) is 1. The third-order valence-corrected chi connectivity index (χ3v) is 5.61. The number of benzene rings is 2. The van der Waals surface area contributed by atoms with E-state index in [1.54, 1.807) is 30.3 Å². The number of rotatable bonds is 11. The van der Waals surface area contributed by atoms with Crippen molar-refractivity contribution >= 4 is 34.8 Å². The highest BCUT2D eigenvalue weighted by Gasteiger charge is 2.19. The van der Waals surface area contributed by atoms with Gasteiger partial charge in [0.05, 0.1) is 5.56 Å². The lowest BCUT2D eigenvalue weighted by Crippen LogP contribution is -2.33. The molecule has 0 saturated carbocycles. The van der Waals surface area contributed by atoms with Crippen LogP contribution in [0.25, 0.3) is 0 Å². The molecule has 1 heterocycles. The number of carbonyl (C=O) groups excluding carboxylic acids is 2. The Morgan fingerprint density at radius 1 is 1.06 bits per heavy atom. The summed E-state index contributed by atoms with van der Waals surface area (Å²) in [5.74, 6) is 0.0986. The number of anilines is 2. The van der Waals surface area contributed by atoms with Gasteiger partial charge in [-0.3, -0.25) is 9.59 Å². The predicted octanol–water partition coefficient (Wildman–Crippen LogP) is 4.50. The Labute approximate surface area is 200 Å². The van der Waals surface area contributed by atoms with E-state index in [9.17, 15) is 9.59 Å². The molecular weight excluding hydrogens is 442 g/mol. The first-order valence-corrected chi connectivity index (χ1v) is 11.9. The van der Waals surface area contributed by atoms with Gasteiger partial charge >= 0.3 is 0 Å². The first-order chi connectivity index (χ1) is 16.1. The molecule has 1 aliphatic rings. The van der Waals surface area contributed by atoms with Crippen LogP contribution < -0.4 is 20.3 Å². The first kappa shape index (κ1) is 24.9. The maximum atomic E-state index is 13.0. The van der Waals surface area contributed by atoms with E-state index in [1.807, 2.05) is 19.1 Å².